The Kier molecular flexibility index (Phi) is 5.33. The molecule has 0 aromatic heterocycles. The number of ether oxygens (including phenoxy) is 1. The zero-order chi connectivity index (χ0) is 16.3. The Labute approximate surface area is 140 Å². The minimum atomic E-state index is -0.672. The van der Waals surface area contributed by atoms with Gasteiger partial charge in [-0.05, 0) is 44.5 Å². The SMILES string of the molecule is Cc1ccc(O[C@H](C)C(=O)Nc2c(Cl)cccc2Cl)c(C)c1. The van der Waals surface area contributed by atoms with Crippen molar-refractivity contribution in [3.63, 3.8) is 0 Å². The van der Waals surface area contributed by atoms with Crippen molar-refractivity contribution in [2.75, 3.05) is 5.32 Å². The highest BCUT2D eigenvalue weighted by atomic mass is 35.5. The summed E-state index contributed by atoms with van der Waals surface area (Å²) < 4.78 is 5.72. The molecule has 0 fully saturated rings. The Morgan fingerprint density at radius 1 is 1.14 bits per heavy atom. The number of hydrogen-bond acceptors (Lipinski definition) is 2. The maximum Gasteiger partial charge on any atom is 0.265 e. The van der Waals surface area contributed by atoms with Gasteiger partial charge in [0.15, 0.2) is 6.10 Å². The van der Waals surface area contributed by atoms with E-state index >= 15 is 0 Å². The molecule has 1 N–H and O–H groups in total. The number of nitrogens with one attached hydrogen (secondary N) is 1. The van der Waals surface area contributed by atoms with E-state index in [2.05, 4.69) is 5.32 Å². The molecule has 22 heavy (non-hydrogen) atoms. The van der Waals surface area contributed by atoms with Crippen LogP contribution in [0.3, 0.4) is 0 Å². The van der Waals surface area contributed by atoms with E-state index in [4.69, 9.17) is 27.9 Å². The van der Waals surface area contributed by atoms with Crippen LogP contribution in [0.1, 0.15) is 18.1 Å². The minimum absolute atomic E-state index is 0.310. The van der Waals surface area contributed by atoms with Crippen molar-refractivity contribution in [1.82, 2.24) is 0 Å². The first-order valence-corrected chi connectivity index (χ1v) is 7.63. The second kappa shape index (κ2) is 7.03. The standard InChI is InChI=1S/C17H17Cl2NO2/c1-10-7-8-15(11(2)9-10)22-12(3)17(21)20-16-13(18)5-4-6-14(16)19/h4-9,12H,1-3H3,(H,20,21)/t12-/m1/s1. The molecule has 5 heteroatoms. The molecule has 0 radical (unpaired) electrons. The fraction of sp³-hybridized carbons (Fsp3) is 0.235. The maximum atomic E-state index is 12.2. The summed E-state index contributed by atoms with van der Waals surface area (Å²) >= 11 is 12.1. The largest absolute Gasteiger partial charge is 0.481 e. The molecule has 0 heterocycles. The molecule has 0 bridgehead atoms. The zero-order valence-corrected chi connectivity index (χ0v) is 14.1. The summed E-state index contributed by atoms with van der Waals surface area (Å²) in [7, 11) is 0. The van der Waals surface area contributed by atoms with Gasteiger partial charge in [0.25, 0.3) is 5.91 Å². The fourth-order valence-corrected chi connectivity index (χ4v) is 2.51. The summed E-state index contributed by atoms with van der Waals surface area (Å²) in [5, 5.41) is 3.48. The predicted octanol–water partition coefficient (Wildman–Crippen LogP) is 5.02. The Bertz CT molecular complexity index is 681. The topological polar surface area (TPSA) is 38.3 Å². The molecule has 1 atom stereocenters. The zero-order valence-electron chi connectivity index (χ0n) is 12.6. The molecule has 2 aromatic carbocycles. The molecule has 0 spiro atoms. The van der Waals surface area contributed by atoms with E-state index in [1.165, 1.54) is 0 Å². The van der Waals surface area contributed by atoms with Gasteiger partial charge in [-0.1, -0.05) is 47.0 Å². The first kappa shape index (κ1) is 16.7. The lowest BCUT2D eigenvalue weighted by Gasteiger charge is -2.17. The maximum absolute atomic E-state index is 12.2. The monoisotopic (exact) mass is 337 g/mol. The van der Waals surface area contributed by atoms with E-state index < -0.39 is 6.10 Å². The molecule has 0 aliphatic rings. The molecule has 0 aliphatic carbocycles. The Hall–Kier alpha value is -1.71. The van der Waals surface area contributed by atoms with Gasteiger partial charge in [-0.2, -0.15) is 0 Å². The second-order valence-electron chi connectivity index (χ2n) is 5.11. The Morgan fingerprint density at radius 2 is 1.77 bits per heavy atom. The van der Waals surface area contributed by atoms with E-state index in [1.54, 1.807) is 25.1 Å². The van der Waals surface area contributed by atoms with Gasteiger partial charge in [0.05, 0.1) is 15.7 Å². The predicted molar refractivity (Wildman–Crippen MR) is 91.1 cm³/mol. The van der Waals surface area contributed by atoms with Crippen LogP contribution in [0, 0.1) is 13.8 Å². The third kappa shape index (κ3) is 3.93. The number of amides is 1. The van der Waals surface area contributed by atoms with Crippen molar-refractivity contribution >= 4 is 34.8 Å². The van der Waals surface area contributed by atoms with Crippen LogP contribution >= 0.6 is 23.2 Å². The van der Waals surface area contributed by atoms with Crippen molar-refractivity contribution in [3.8, 4) is 5.75 Å². The van der Waals surface area contributed by atoms with Crippen LogP contribution in [0.2, 0.25) is 10.0 Å². The molecule has 0 saturated heterocycles. The Morgan fingerprint density at radius 3 is 2.36 bits per heavy atom. The quantitative estimate of drug-likeness (QED) is 0.850. The molecule has 1 amide bonds. The van der Waals surface area contributed by atoms with Gasteiger partial charge < -0.3 is 10.1 Å². The van der Waals surface area contributed by atoms with Gasteiger partial charge in [0.1, 0.15) is 5.75 Å². The van der Waals surface area contributed by atoms with Gasteiger partial charge in [0.2, 0.25) is 0 Å². The number of carbonyl (C=O) groups excluding carboxylic acids is 1. The normalized spacial score (nSPS) is 11.9. The van der Waals surface area contributed by atoms with E-state index in [0.717, 1.165) is 11.1 Å². The van der Waals surface area contributed by atoms with Gasteiger partial charge in [-0.25, -0.2) is 0 Å². The summed E-state index contributed by atoms with van der Waals surface area (Å²) in [5.41, 5.74) is 2.52. The number of anilines is 1. The number of rotatable bonds is 4. The van der Waals surface area contributed by atoms with E-state index in [0.29, 0.717) is 21.5 Å². The van der Waals surface area contributed by atoms with Crippen molar-refractivity contribution < 1.29 is 9.53 Å². The molecule has 0 aliphatic heterocycles. The molecule has 2 aromatic rings. The number of carbonyl (C=O) groups is 1. The molecule has 2 rings (SSSR count). The van der Waals surface area contributed by atoms with Gasteiger partial charge in [-0.3, -0.25) is 4.79 Å². The first-order valence-electron chi connectivity index (χ1n) is 6.87. The van der Waals surface area contributed by atoms with Crippen LogP contribution in [-0.4, -0.2) is 12.0 Å². The summed E-state index contributed by atoms with van der Waals surface area (Å²) in [5.74, 6) is 0.369. The smallest absolute Gasteiger partial charge is 0.265 e. The van der Waals surface area contributed by atoms with Crippen molar-refractivity contribution in [2.45, 2.75) is 26.9 Å². The summed E-state index contributed by atoms with van der Waals surface area (Å²) in [6.45, 7) is 5.63. The van der Waals surface area contributed by atoms with Gasteiger partial charge in [0, 0.05) is 0 Å². The van der Waals surface area contributed by atoms with Gasteiger partial charge >= 0.3 is 0 Å². The first-order chi connectivity index (χ1) is 10.4. The molecular formula is C17H17Cl2NO2. The van der Waals surface area contributed by atoms with E-state index in [-0.39, 0.29) is 5.91 Å². The lowest BCUT2D eigenvalue weighted by atomic mass is 10.1. The van der Waals surface area contributed by atoms with Crippen LogP contribution in [0.5, 0.6) is 5.75 Å². The summed E-state index contributed by atoms with van der Waals surface area (Å²) in [4.78, 5) is 12.2. The fourth-order valence-electron chi connectivity index (χ4n) is 2.02. The second-order valence-corrected chi connectivity index (χ2v) is 5.93. The number of aryl methyl sites for hydroxylation is 2. The van der Waals surface area contributed by atoms with Crippen LogP contribution in [-0.2, 0) is 4.79 Å². The van der Waals surface area contributed by atoms with Crippen LogP contribution in [0.4, 0.5) is 5.69 Å². The number of hydrogen-bond donors (Lipinski definition) is 1. The molecule has 116 valence electrons. The lowest BCUT2D eigenvalue weighted by molar-refractivity contribution is -0.122. The van der Waals surface area contributed by atoms with Crippen LogP contribution < -0.4 is 10.1 Å². The van der Waals surface area contributed by atoms with E-state index in [1.807, 2.05) is 32.0 Å². The molecule has 0 unspecified atom stereocenters. The number of para-hydroxylation sites is 1. The average Bonchev–Trinajstić information content (AvgIpc) is 2.45. The summed E-state index contributed by atoms with van der Waals surface area (Å²) in [6.07, 6.45) is -0.672. The third-order valence-electron chi connectivity index (χ3n) is 3.21. The Balaban J connectivity index is 2.09. The average molecular weight is 338 g/mol. The minimum Gasteiger partial charge on any atom is -0.481 e. The van der Waals surface area contributed by atoms with Gasteiger partial charge in [-0.15, -0.1) is 0 Å². The van der Waals surface area contributed by atoms with Crippen molar-refractivity contribution in [2.24, 2.45) is 0 Å². The molecular weight excluding hydrogens is 321 g/mol. The number of halogens is 2. The van der Waals surface area contributed by atoms with Crippen molar-refractivity contribution in [3.05, 3.63) is 57.6 Å². The highest BCUT2D eigenvalue weighted by Gasteiger charge is 2.18. The third-order valence-corrected chi connectivity index (χ3v) is 3.84. The highest BCUT2D eigenvalue weighted by Crippen LogP contribution is 2.30. The molecule has 0 saturated carbocycles. The highest BCUT2D eigenvalue weighted by molar-refractivity contribution is 6.39. The van der Waals surface area contributed by atoms with Crippen LogP contribution in [0.15, 0.2) is 36.4 Å². The van der Waals surface area contributed by atoms with E-state index in [9.17, 15) is 4.79 Å². The van der Waals surface area contributed by atoms with Crippen LogP contribution in [0.25, 0.3) is 0 Å². The molecule has 3 nitrogen and oxygen atoms in total. The summed E-state index contributed by atoms with van der Waals surface area (Å²) in [6, 6.07) is 10.9. The number of benzene rings is 2. The van der Waals surface area contributed by atoms with Crippen molar-refractivity contribution in [1.29, 1.82) is 0 Å². The lowest BCUT2D eigenvalue weighted by Crippen LogP contribution is -2.30.